The smallest absolute Gasteiger partial charge is 0.252 e. The molecule has 1 unspecified atom stereocenters. The lowest BCUT2D eigenvalue weighted by atomic mass is 9.86. The number of nitrogens with zero attached hydrogens (tertiary/aromatic N) is 3. The third kappa shape index (κ3) is 3.94. The van der Waals surface area contributed by atoms with Crippen LogP contribution in [0.5, 0.6) is 0 Å². The number of aromatic nitrogens is 2. The molecular formula is C25H30N4O2. The summed E-state index contributed by atoms with van der Waals surface area (Å²) in [6.45, 7) is 11.6. The molecule has 1 aliphatic rings. The molecule has 3 aromatic rings. The largest absolute Gasteiger partial charge is 0.340 e. The lowest BCUT2D eigenvalue weighted by molar-refractivity contribution is -0.121. The number of rotatable bonds is 4. The fraction of sp³-hybridized carbons (Fsp3) is 0.400. The van der Waals surface area contributed by atoms with Crippen LogP contribution in [-0.2, 0) is 16.8 Å². The van der Waals surface area contributed by atoms with Gasteiger partial charge in [0.1, 0.15) is 6.04 Å². The lowest BCUT2D eigenvalue weighted by Crippen LogP contribution is -2.51. The van der Waals surface area contributed by atoms with E-state index in [2.05, 4.69) is 35.6 Å². The summed E-state index contributed by atoms with van der Waals surface area (Å²) in [7, 11) is 0. The second-order valence-electron chi connectivity index (χ2n) is 9.56. The lowest BCUT2D eigenvalue weighted by Gasteiger charge is -2.26. The van der Waals surface area contributed by atoms with E-state index in [0.717, 1.165) is 16.6 Å². The number of benzene rings is 2. The Balaban J connectivity index is 1.55. The Morgan fingerprint density at radius 1 is 1.00 bits per heavy atom. The molecule has 0 fully saturated rings. The van der Waals surface area contributed by atoms with Crippen molar-refractivity contribution >= 4 is 28.8 Å². The van der Waals surface area contributed by atoms with Crippen molar-refractivity contribution in [3.63, 3.8) is 0 Å². The summed E-state index contributed by atoms with van der Waals surface area (Å²) in [5.74, 6) is 0.244. The van der Waals surface area contributed by atoms with Crippen molar-refractivity contribution in [1.29, 1.82) is 0 Å². The van der Waals surface area contributed by atoms with E-state index in [1.165, 1.54) is 0 Å². The molecule has 162 valence electrons. The maximum absolute atomic E-state index is 13.4. The molecule has 2 amide bonds. The first kappa shape index (κ1) is 21.1. The Morgan fingerprint density at radius 2 is 1.68 bits per heavy atom. The van der Waals surface area contributed by atoms with E-state index in [9.17, 15) is 9.59 Å². The van der Waals surface area contributed by atoms with Crippen molar-refractivity contribution in [2.45, 2.75) is 52.6 Å². The second-order valence-corrected chi connectivity index (χ2v) is 9.56. The molecule has 1 atom stereocenters. The van der Waals surface area contributed by atoms with Crippen LogP contribution in [0.25, 0.3) is 11.0 Å². The first-order valence-electron chi connectivity index (χ1n) is 10.8. The van der Waals surface area contributed by atoms with Gasteiger partial charge < -0.3 is 9.88 Å². The van der Waals surface area contributed by atoms with Crippen LogP contribution in [0.2, 0.25) is 0 Å². The molecule has 4 rings (SSSR count). The zero-order valence-electron chi connectivity index (χ0n) is 18.8. The molecule has 0 bridgehead atoms. The second kappa shape index (κ2) is 7.84. The fourth-order valence-corrected chi connectivity index (χ4v) is 4.03. The van der Waals surface area contributed by atoms with Gasteiger partial charge in [-0.05, 0) is 41.2 Å². The van der Waals surface area contributed by atoms with Crippen LogP contribution >= 0.6 is 0 Å². The van der Waals surface area contributed by atoms with Gasteiger partial charge in [0.2, 0.25) is 5.95 Å². The summed E-state index contributed by atoms with van der Waals surface area (Å²) in [4.78, 5) is 32.7. The summed E-state index contributed by atoms with van der Waals surface area (Å²) in [6.07, 6.45) is 0. The Labute approximate surface area is 183 Å². The number of carbonyl (C=O) groups excluding carboxylic acids is 2. The van der Waals surface area contributed by atoms with Gasteiger partial charge in [-0.2, -0.15) is 0 Å². The Kier molecular flexibility index (Phi) is 5.33. The number of hydrogen-bond acceptors (Lipinski definition) is 3. The number of carbonyl (C=O) groups is 2. The highest BCUT2D eigenvalue weighted by Gasteiger charge is 2.35. The fourth-order valence-electron chi connectivity index (χ4n) is 4.03. The van der Waals surface area contributed by atoms with Crippen molar-refractivity contribution in [2.75, 3.05) is 11.4 Å². The summed E-state index contributed by atoms with van der Waals surface area (Å²) in [5.41, 5.74) is 3.64. The number of nitrogens with one attached hydrogen (secondary N) is 1. The van der Waals surface area contributed by atoms with Gasteiger partial charge in [-0.3, -0.25) is 14.5 Å². The van der Waals surface area contributed by atoms with Gasteiger partial charge in [-0.1, -0.05) is 58.9 Å². The van der Waals surface area contributed by atoms with Crippen LogP contribution in [0.4, 0.5) is 5.95 Å². The molecule has 1 aromatic heterocycles. The van der Waals surface area contributed by atoms with Gasteiger partial charge in [0.15, 0.2) is 0 Å². The zero-order chi connectivity index (χ0) is 22.3. The molecule has 6 heteroatoms. The molecule has 31 heavy (non-hydrogen) atoms. The molecule has 0 spiro atoms. The topological polar surface area (TPSA) is 67.2 Å². The molecule has 0 saturated heterocycles. The summed E-state index contributed by atoms with van der Waals surface area (Å²) >= 11 is 0. The van der Waals surface area contributed by atoms with E-state index in [-0.39, 0.29) is 23.1 Å². The molecule has 0 saturated carbocycles. The highest BCUT2D eigenvalue weighted by Crippen LogP contribution is 2.28. The van der Waals surface area contributed by atoms with Crippen LogP contribution in [0.3, 0.4) is 0 Å². The van der Waals surface area contributed by atoms with Crippen LogP contribution in [0.1, 0.15) is 50.5 Å². The monoisotopic (exact) mass is 418 g/mol. The number of hydrogen-bond donors (Lipinski definition) is 1. The van der Waals surface area contributed by atoms with Crippen molar-refractivity contribution in [2.24, 2.45) is 5.92 Å². The number of para-hydroxylation sites is 2. The minimum atomic E-state index is -0.624. The highest BCUT2D eigenvalue weighted by atomic mass is 16.2. The average Bonchev–Trinajstić information content (AvgIpc) is 3.30. The first-order valence-corrected chi connectivity index (χ1v) is 10.8. The van der Waals surface area contributed by atoms with Crippen molar-refractivity contribution in [3.05, 3.63) is 59.7 Å². The van der Waals surface area contributed by atoms with Gasteiger partial charge >= 0.3 is 0 Å². The van der Waals surface area contributed by atoms with E-state index in [4.69, 9.17) is 0 Å². The predicted molar refractivity (Wildman–Crippen MR) is 123 cm³/mol. The highest BCUT2D eigenvalue weighted by molar-refractivity contribution is 6.03. The van der Waals surface area contributed by atoms with Crippen LogP contribution in [-0.4, -0.2) is 34.0 Å². The molecule has 2 heterocycles. The van der Waals surface area contributed by atoms with E-state index in [1.807, 2.05) is 62.4 Å². The minimum Gasteiger partial charge on any atom is -0.340 e. The standard InChI is InChI=1S/C25H30N4O2/c1-16(2)21(27-22(30)17-10-12-18(13-11-17)25(3,4)5)23(31)29-15-14-28-20-9-7-6-8-19(20)26-24(28)29/h6-13,16,21H,14-15H2,1-5H3,(H,27,30). The zero-order valence-corrected chi connectivity index (χ0v) is 18.8. The number of imidazole rings is 1. The predicted octanol–water partition coefficient (Wildman–Crippen LogP) is 4.14. The molecule has 6 nitrogen and oxygen atoms in total. The molecular weight excluding hydrogens is 388 g/mol. The Hall–Kier alpha value is -3.15. The van der Waals surface area contributed by atoms with Gasteiger partial charge in [-0.15, -0.1) is 0 Å². The quantitative estimate of drug-likeness (QED) is 0.693. The molecule has 2 aromatic carbocycles. The third-order valence-corrected chi connectivity index (χ3v) is 5.92. The molecule has 0 aliphatic carbocycles. The third-order valence-electron chi connectivity index (χ3n) is 5.92. The maximum atomic E-state index is 13.4. The average molecular weight is 419 g/mol. The number of anilines is 1. The summed E-state index contributed by atoms with van der Waals surface area (Å²) in [5, 5.41) is 2.97. The van der Waals surface area contributed by atoms with Gasteiger partial charge in [0, 0.05) is 18.7 Å². The van der Waals surface area contributed by atoms with E-state index < -0.39 is 6.04 Å². The van der Waals surface area contributed by atoms with Gasteiger partial charge in [-0.25, -0.2) is 4.98 Å². The summed E-state index contributed by atoms with van der Waals surface area (Å²) in [6, 6.07) is 14.9. The SMILES string of the molecule is CC(C)C(NC(=O)c1ccc(C(C)(C)C)cc1)C(=O)N1CCn2c1nc1ccccc12. The van der Waals surface area contributed by atoms with Crippen LogP contribution in [0.15, 0.2) is 48.5 Å². The van der Waals surface area contributed by atoms with E-state index in [0.29, 0.717) is 24.6 Å². The van der Waals surface area contributed by atoms with Crippen LogP contribution < -0.4 is 10.2 Å². The van der Waals surface area contributed by atoms with Crippen molar-refractivity contribution in [1.82, 2.24) is 14.9 Å². The van der Waals surface area contributed by atoms with E-state index >= 15 is 0 Å². The summed E-state index contributed by atoms with van der Waals surface area (Å²) < 4.78 is 2.07. The van der Waals surface area contributed by atoms with Crippen molar-refractivity contribution < 1.29 is 9.59 Å². The van der Waals surface area contributed by atoms with Gasteiger partial charge in [0.05, 0.1) is 11.0 Å². The normalized spacial score (nSPS) is 14.7. The Morgan fingerprint density at radius 3 is 2.32 bits per heavy atom. The Bertz CT molecular complexity index is 1120. The minimum absolute atomic E-state index is 0.0205. The molecule has 0 radical (unpaired) electrons. The molecule has 1 N–H and O–H groups in total. The number of amides is 2. The number of fused-ring (bicyclic) bond motifs is 3. The van der Waals surface area contributed by atoms with Crippen LogP contribution in [0, 0.1) is 5.92 Å². The van der Waals surface area contributed by atoms with Crippen molar-refractivity contribution in [3.8, 4) is 0 Å². The van der Waals surface area contributed by atoms with E-state index in [1.54, 1.807) is 4.90 Å². The van der Waals surface area contributed by atoms with Gasteiger partial charge in [0.25, 0.3) is 11.8 Å². The molecule has 1 aliphatic heterocycles. The first-order chi connectivity index (χ1) is 14.7. The maximum Gasteiger partial charge on any atom is 0.252 e.